The number of carbonyl (C=O) groups is 1. The summed E-state index contributed by atoms with van der Waals surface area (Å²) in [5, 5.41) is 0. The van der Waals surface area contributed by atoms with Crippen molar-refractivity contribution >= 4 is 5.91 Å². The van der Waals surface area contributed by atoms with Crippen LogP contribution in [0.3, 0.4) is 0 Å². The van der Waals surface area contributed by atoms with Crippen LogP contribution in [-0.2, 0) is 4.79 Å². The van der Waals surface area contributed by atoms with E-state index in [2.05, 4.69) is 13.0 Å². The van der Waals surface area contributed by atoms with Crippen LogP contribution >= 0.6 is 0 Å². The molecule has 10 heavy (non-hydrogen) atoms. The Hall–Kier alpha value is -0.790. The van der Waals surface area contributed by atoms with E-state index < -0.39 is 0 Å². The molecule has 0 atom stereocenters. The van der Waals surface area contributed by atoms with E-state index in [0.29, 0.717) is 6.42 Å². The second-order valence-electron chi connectivity index (χ2n) is 2.68. The predicted molar refractivity (Wildman–Crippen MR) is 40.6 cm³/mol. The van der Waals surface area contributed by atoms with Crippen LogP contribution in [0, 0.1) is 0 Å². The second-order valence-corrected chi connectivity index (χ2v) is 2.68. The van der Waals surface area contributed by atoms with E-state index in [1.807, 2.05) is 11.8 Å². The fourth-order valence-corrected chi connectivity index (χ4v) is 1.11. The highest BCUT2D eigenvalue weighted by Crippen LogP contribution is 2.08. The van der Waals surface area contributed by atoms with Gasteiger partial charge in [-0.3, -0.25) is 4.79 Å². The minimum atomic E-state index is 0.258. The van der Waals surface area contributed by atoms with Crippen LogP contribution in [0.5, 0.6) is 0 Å². The number of hydrogen-bond donors (Lipinski definition) is 0. The monoisotopic (exact) mass is 139 g/mol. The lowest BCUT2D eigenvalue weighted by Gasteiger charge is -2.13. The lowest BCUT2D eigenvalue weighted by Crippen LogP contribution is -2.27. The van der Waals surface area contributed by atoms with Crippen molar-refractivity contribution in [2.45, 2.75) is 20.3 Å². The zero-order valence-corrected chi connectivity index (χ0v) is 6.55. The van der Waals surface area contributed by atoms with Crippen LogP contribution in [0.25, 0.3) is 0 Å². The molecule has 56 valence electrons. The van der Waals surface area contributed by atoms with E-state index in [9.17, 15) is 4.79 Å². The number of carbonyl (C=O) groups excluding carboxylic acids is 1. The van der Waals surface area contributed by atoms with Crippen LogP contribution < -0.4 is 0 Å². The Morgan fingerprint density at radius 1 is 1.80 bits per heavy atom. The minimum Gasteiger partial charge on any atom is -0.335 e. The Kier molecular flexibility index (Phi) is 2.10. The van der Waals surface area contributed by atoms with Gasteiger partial charge in [0.15, 0.2) is 0 Å². The van der Waals surface area contributed by atoms with Gasteiger partial charge in [0.05, 0.1) is 0 Å². The fourth-order valence-electron chi connectivity index (χ4n) is 1.11. The summed E-state index contributed by atoms with van der Waals surface area (Å²) in [4.78, 5) is 12.9. The molecule has 2 nitrogen and oxygen atoms in total. The van der Waals surface area contributed by atoms with Crippen LogP contribution in [0.1, 0.15) is 20.3 Å². The summed E-state index contributed by atoms with van der Waals surface area (Å²) >= 11 is 0. The average Bonchev–Trinajstić information content (AvgIpc) is 2.34. The first-order valence-electron chi connectivity index (χ1n) is 3.67. The lowest BCUT2D eigenvalue weighted by molar-refractivity contribution is -0.129. The van der Waals surface area contributed by atoms with E-state index in [-0.39, 0.29) is 5.91 Å². The first-order chi connectivity index (χ1) is 4.74. The van der Waals surface area contributed by atoms with Gasteiger partial charge >= 0.3 is 0 Å². The zero-order chi connectivity index (χ0) is 7.56. The van der Waals surface area contributed by atoms with Crippen molar-refractivity contribution in [3.05, 3.63) is 11.6 Å². The Bertz CT molecular complexity index is 172. The van der Waals surface area contributed by atoms with Gasteiger partial charge < -0.3 is 4.90 Å². The summed E-state index contributed by atoms with van der Waals surface area (Å²) in [5.41, 5.74) is 1.31. The fraction of sp³-hybridized carbons (Fsp3) is 0.625. The Balaban J connectivity index is 2.42. The molecule has 0 fully saturated rings. The predicted octanol–water partition coefficient (Wildman–Crippen LogP) is 1.18. The third-order valence-corrected chi connectivity index (χ3v) is 1.76. The molecule has 0 N–H and O–H groups in total. The Morgan fingerprint density at radius 2 is 2.50 bits per heavy atom. The summed E-state index contributed by atoms with van der Waals surface area (Å²) in [6, 6.07) is 0. The standard InChI is InChI=1S/C8H13NO/c1-3-8(10)9-5-4-7(2)6-9/h4H,3,5-6H2,1-2H3. The van der Waals surface area contributed by atoms with Crippen molar-refractivity contribution in [1.29, 1.82) is 0 Å². The van der Waals surface area contributed by atoms with Crippen molar-refractivity contribution in [3.8, 4) is 0 Å². The van der Waals surface area contributed by atoms with Crippen molar-refractivity contribution in [1.82, 2.24) is 4.90 Å². The van der Waals surface area contributed by atoms with Gasteiger partial charge in [-0.1, -0.05) is 18.6 Å². The molecule has 0 spiro atoms. The van der Waals surface area contributed by atoms with E-state index in [1.165, 1.54) is 5.57 Å². The van der Waals surface area contributed by atoms with Gasteiger partial charge in [-0.25, -0.2) is 0 Å². The van der Waals surface area contributed by atoms with E-state index in [4.69, 9.17) is 0 Å². The Morgan fingerprint density at radius 3 is 2.90 bits per heavy atom. The summed E-state index contributed by atoms with van der Waals surface area (Å²) in [6.45, 7) is 5.62. The molecule has 1 aliphatic rings. The molecular weight excluding hydrogens is 126 g/mol. The van der Waals surface area contributed by atoms with Crippen molar-refractivity contribution in [3.63, 3.8) is 0 Å². The summed E-state index contributed by atoms with van der Waals surface area (Å²) < 4.78 is 0. The van der Waals surface area contributed by atoms with Crippen LogP contribution in [0.2, 0.25) is 0 Å². The number of hydrogen-bond acceptors (Lipinski definition) is 1. The second kappa shape index (κ2) is 2.86. The minimum absolute atomic E-state index is 0.258. The molecule has 1 aliphatic heterocycles. The molecule has 0 aromatic heterocycles. The molecule has 1 heterocycles. The topological polar surface area (TPSA) is 20.3 Å². The smallest absolute Gasteiger partial charge is 0.222 e. The van der Waals surface area contributed by atoms with Gasteiger partial charge in [-0.05, 0) is 6.92 Å². The molecule has 0 aromatic carbocycles. The van der Waals surface area contributed by atoms with Gasteiger partial charge in [0.1, 0.15) is 0 Å². The number of nitrogens with zero attached hydrogens (tertiary/aromatic N) is 1. The molecule has 2 heteroatoms. The molecule has 0 aromatic rings. The van der Waals surface area contributed by atoms with E-state index in [0.717, 1.165) is 13.1 Å². The first kappa shape index (κ1) is 7.32. The van der Waals surface area contributed by atoms with Crippen LogP contribution in [-0.4, -0.2) is 23.9 Å². The highest BCUT2D eigenvalue weighted by molar-refractivity contribution is 5.76. The quantitative estimate of drug-likeness (QED) is 0.500. The van der Waals surface area contributed by atoms with Crippen molar-refractivity contribution < 1.29 is 4.79 Å². The van der Waals surface area contributed by atoms with Crippen molar-refractivity contribution in [2.75, 3.05) is 13.1 Å². The summed E-state index contributed by atoms with van der Waals surface area (Å²) in [5.74, 6) is 0.258. The maximum Gasteiger partial charge on any atom is 0.222 e. The molecule has 0 radical (unpaired) electrons. The van der Waals surface area contributed by atoms with Crippen molar-refractivity contribution in [2.24, 2.45) is 0 Å². The van der Waals surface area contributed by atoms with Gasteiger partial charge in [-0.15, -0.1) is 0 Å². The van der Waals surface area contributed by atoms with E-state index in [1.54, 1.807) is 0 Å². The normalized spacial score (nSPS) is 17.4. The van der Waals surface area contributed by atoms with Crippen LogP contribution in [0.15, 0.2) is 11.6 Å². The average molecular weight is 139 g/mol. The molecule has 1 amide bonds. The third-order valence-electron chi connectivity index (χ3n) is 1.76. The van der Waals surface area contributed by atoms with Gasteiger partial charge in [0.2, 0.25) is 5.91 Å². The van der Waals surface area contributed by atoms with E-state index >= 15 is 0 Å². The zero-order valence-electron chi connectivity index (χ0n) is 6.55. The molecule has 0 saturated carbocycles. The maximum atomic E-state index is 11.1. The molecule has 1 rings (SSSR count). The molecular formula is C8H13NO. The number of amides is 1. The first-order valence-corrected chi connectivity index (χ1v) is 3.67. The lowest BCUT2D eigenvalue weighted by atomic mass is 10.3. The Labute approximate surface area is 61.5 Å². The van der Waals surface area contributed by atoms with Gasteiger partial charge in [0.25, 0.3) is 0 Å². The summed E-state index contributed by atoms with van der Waals surface area (Å²) in [7, 11) is 0. The molecule has 0 unspecified atom stereocenters. The van der Waals surface area contributed by atoms with Crippen LogP contribution in [0.4, 0.5) is 0 Å². The highest BCUT2D eigenvalue weighted by atomic mass is 16.2. The van der Waals surface area contributed by atoms with Gasteiger partial charge in [0, 0.05) is 19.5 Å². The number of rotatable bonds is 1. The molecule has 0 aliphatic carbocycles. The summed E-state index contributed by atoms with van der Waals surface area (Å²) in [6.07, 6.45) is 2.73. The highest BCUT2D eigenvalue weighted by Gasteiger charge is 2.14. The molecule has 0 saturated heterocycles. The SMILES string of the molecule is CCC(=O)N1CC=C(C)C1. The largest absolute Gasteiger partial charge is 0.335 e. The molecule has 0 bridgehead atoms. The maximum absolute atomic E-state index is 11.1. The third kappa shape index (κ3) is 1.38. The van der Waals surface area contributed by atoms with Gasteiger partial charge in [-0.2, -0.15) is 0 Å².